The molecular weight excluding hydrogens is 418 g/mol. The summed E-state index contributed by atoms with van der Waals surface area (Å²) in [6.07, 6.45) is 2.73. The number of aliphatic carboxylic acids is 2. The molecule has 1 amide bonds. The molecule has 0 saturated carbocycles. The molecule has 0 bridgehead atoms. The van der Waals surface area contributed by atoms with Gasteiger partial charge in [0.2, 0.25) is 11.7 Å². The van der Waals surface area contributed by atoms with Gasteiger partial charge in [0.15, 0.2) is 0 Å². The number of benzene rings is 1. The molecule has 0 fully saturated rings. The molecular formula is C21H21N5O6. The fourth-order valence-electron chi connectivity index (χ4n) is 3.08. The summed E-state index contributed by atoms with van der Waals surface area (Å²) in [5.41, 5.74) is 14.3. The number of amides is 1. The molecule has 0 saturated heterocycles. The molecule has 1 atom stereocenters. The zero-order valence-corrected chi connectivity index (χ0v) is 17.0. The number of carbonyl (C=O) groups excluding carboxylic acids is 1. The number of carboxylic acids is 2. The minimum atomic E-state index is -1.30. The third-order valence-corrected chi connectivity index (χ3v) is 4.73. The molecule has 0 aliphatic carbocycles. The first-order valence-corrected chi connectivity index (χ1v) is 9.50. The summed E-state index contributed by atoms with van der Waals surface area (Å²) < 4.78 is 5.40. The van der Waals surface area contributed by atoms with E-state index in [2.05, 4.69) is 15.3 Å². The zero-order chi connectivity index (χ0) is 23.4. The Hall–Kier alpha value is -4.41. The van der Waals surface area contributed by atoms with E-state index in [0.29, 0.717) is 10.9 Å². The summed E-state index contributed by atoms with van der Waals surface area (Å²) in [6.45, 7) is 1.86. The normalized spacial score (nSPS) is 12.5. The highest BCUT2D eigenvalue weighted by atomic mass is 16.4. The van der Waals surface area contributed by atoms with Crippen molar-refractivity contribution in [2.45, 2.75) is 25.8 Å². The van der Waals surface area contributed by atoms with Crippen molar-refractivity contribution in [2.24, 2.45) is 0 Å². The number of carbonyl (C=O) groups is 3. The van der Waals surface area contributed by atoms with Crippen LogP contribution >= 0.6 is 0 Å². The van der Waals surface area contributed by atoms with Crippen LogP contribution in [0.2, 0.25) is 0 Å². The first-order valence-electron chi connectivity index (χ1n) is 9.50. The van der Waals surface area contributed by atoms with Crippen LogP contribution in [0, 0.1) is 0 Å². The van der Waals surface area contributed by atoms with Crippen LogP contribution in [0.1, 0.15) is 41.3 Å². The molecule has 0 unspecified atom stereocenters. The molecule has 11 heteroatoms. The fourth-order valence-corrected chi connectivity index (χ4v) is 3.08. The molecule has 11 nitrogen and oxygen atoms in total. The lowest BCUT2D eigenvalue weighted by Crippen LogP contribution is -2.41. The highest BCUT2D eigenvalue weighted by Gasteiger charge is 2.21. The van der Waals surface area contributed by atoms with Crippen LogP contribution in [-0.4, -0.2) is 44.1 Å². The lowest BCUT2D eigenvalue weighted by atomic mass is 10.0. The van der Waals surface area contributed by atoms with Gasteiger partial charge in [0.05, 0.1) is 5.39 Å². The minimum Gasteiger partial charge on any atom is -0.481 e. The van der Waals surface area contributed by atoms with Crippen molar-refractivity contribution in [1.29, 1.82) is 0 Å². The molecule has 166 valence electrons. The number of rotatable bonds is 8. The SMILES string of the molecule is C/C(=C\c1coc2nc(N)nc(N)c12)c1ccc(C(=O)N[C@H](CCC(=O)O)C(=O)O)cc1. The van der Waals surface area contributed by atoms with Gasteiger partial charge in [-0.1, -0.05) is 12.1 Å². The van der Waals surface area contributed by atoms with Crippen molar-refractivity contribution < 1.29 is 29.0 Å². The number of aromatic nitrogens is 2. The lowest BCUT2D eigenvalue weighted by Gasteiger charge is -2.13. The molecule has 3 aromatic rings. The number of hydrogen-bond acceptors (Lipinski definition) is 8. The van der Waals surface area contributed by atoms with Gasteiger partial charge < -0.3 is 31.4 Å². The van der Waals surface area contributed by atoms with E-state index in [0.717, 1.165) is 11.1 Å². The number of carboxylic acid groups (broad SMARTS) is 2. The Balaban J connectivity index is 1.77. The Bertz CT molecular complexity index is 1220. The maximum atomic E-state index is 12.4. The van der Waals surface area contributed by atoms with E-state index in [4.69, 9.17) is 21.0 Å². The Kier molecular flexibility index (Phi) is 6.38. The van der Waals surface area contributed by atoms with E-state index in [1.54, 1.807) is 24.3 Å². The second kappa shape index (κ2) is 9.16. The highest BCUT2D eigenvalue weighted by molar-refractivity contribution is 5.99. The predicted molar refractivity (Wildman–Crippen MR) is 116 cm³/mol. The van der Waals surface area contributed by atoms with Gasteiger partial charge in [-0.15, -0.1) is 0 Å². The smallest absolute Gasteiger partial charge is 0.326 e. The predicted octanol–water partition coefficient (Wildman–Crippen LogP) is 2.00. The molecule has 0 radical (unpaired) electrons. The Morgan fingerprint density at radius 2 is 1.78 bits per heavy atom. The van der Waals surface area contributed by atoms with Crippen molar-refractivity contribution in [3.8, 4) is 0 Å². The van der Waals surface area contributed by atoms with E-state index >= 15 is 0 Å². The average molecular weight is 439 g/mol. The second-order valence-electron chi connectivity index (χ2n) is 7.04. The van der Waals surface area contributed by atoms with Gasteiger partial charge in [0, 0.05) is 17.5 Å². The maximum Gasteiger partial charge on any atom is 0.326 e. The Morgan fingerprint density at radius 3 is 2.41 bits per heavy atom. The molecule has 3 rings (SSSR count). The lowest BCUT2D eigenvalue weighted by molar-refractivity contribution is -0.140. The number of anilines is 2. The fraction of sp³-hybridized carbons (Fsp3) is 0.190. The molecule has 0 aliphatic heterocycles. The molecule has 7 N–H and O–H groups in total. The summed E-state index contributed by atoms with van der Waals surface area (Å²) in [5, 5.41) is 20.8. The molecule has 32 heavy (non-hydrogen) atoms. The summed E-state index contributed by atoms with van der Waals surface area (Å²) in [4.78, 5) is 42.2. The molecule has 0 aliphatic rings. The summed E-state index contributed by atoms with van der Waals surface area (Å²) >= 11 is 0. The summed E-state index contributed by atoms with van der Waals surface area (Å²) in [5.74, 6) is -2.84. The number of allylic oxidation sites excluding steroid dienone is 1. The first-order chi connectivity index (χ1) is 15.2. The second-order valence-corrected chi connectivity index (χ2v) is 7.04. The summed E-state index contributed by atoms with van der Waals surface area (Å²) in [7, 11) is 0. The zero-order valence-electron chi connectivity index (χ0n) is 17.0. The Labute approximate surface area is 181 Å². The number of nitrogens with zero attached hydrogens (tertiary/aromatic N) is 2. The van der Waals surface area contributed by atoms with Gasteiger partial charge in [0.25, 0.3) is 5.91 Å². The number of nitrogens with one attached hydrogen (secondary N) is 1. The standard InChI is InChI=1S/C21H21N5O6/c1-10(8-13-9-32-19-16(13)17(22)25-21(23)26-19)11-2-4-12(5-3-11)18(29)24-14(20(30)31)6-7-15(27)28/h2-5,8-9,14H,6-7H2,1H3,(H,24,29)(H,27,28)(H,30,31)(H4,22,23,25,26)/b10-8+/t14-/m1/s1. The van der Waals surface area contributed by atoms with Gasteiger partial charge in [-0.25, -0.2) is 4.79 Å². The largest absolute Gasteiger partial charge is 0.481 e. The number of hydrogen-bond donors (Lipinski definition) is 5. The third kappa shape index (κ3) is 5.01. The minimum absolute atomic E-state index is 0.0126. The van der Waals surface area contributed by atoms with Crippen molar-refractivity contribution in [3.05, 3.63) is 47.2 Å². The number of nitrogen functional groups attached to an aromatic ring is 2. The highest BCUT2D eigenvalue weighted by Crippen LogP contribution is 2.28. The van der Waals surface area contributed by atoms with E-state index in [-0.39, 0.29) is 35.9 Å². The molecule has 2 aromatic heterocycles. The van der Waals surface area contributed by atoms with Gasteiger partial charge in [0.1, 0.15) is 18.1 Å². The van der Waals surface area contributed by atoms with Crippen molar-refractivity contribution >= 4 is 52.4 Å². The number of nitrogens with two attached hydrogens (primary N) is 2. The monoisotopic (exact) mass is 439 g/mol. The third-order valence-electron chi connectivity index (χ3n) is 4.73. The molecule has 1 aromatic carbocycles. The van der Waals surface area contributed by atoms with Crippen molar-refractivity contribution in [1.82, 2.24) is 15.3 Å². The van der Waals surface area contributed by atoms with Gasteiger partial charge >= 0.3 is 11.9 Å². The average Bonchev–Trinajstić information content (AvgIpc) is 3.13. The van der Waals surface area contributed by atoms with E-state index in [9.17, 15) is 19.5 Å². The van der Waals surface area contributed by atoms with E-state index in [1.807, 2.05) is 13.0 Å². The number of fused-ring (bicyclic) bond motifs is 1. The Morgan fingerprint density at radius 1 is 1.12 bits per heavy atom. The topological polar surface area (TPSA) is 195 Å². The first kappa shape index (κ1) is 22.3. The van der Waals surface area contributed by atoms with Crippen LogP contribution in [0.25, 0.3) is 22.7 Å². The van der Waals surface area contributed by atoms with Crippen LogP contribution in [0.15, 0.2) is 34.9 Å². The van der Waals surface area contributed by atoms with Crippen LogP contribution in [0.5, 0.6) is 0 Å². The summed E-state index contributed by atoms with van der Waals surface area (Å²) in [6, 6.07) is 5.20. The maximum absolute atomic E-state index is 12.4. The number of furan rings is 1. The van der Waals surface area contributed by atoms with Crippen LogP contribution in [-0.2, 0) is 9.59 Å². The van der Waals surface area contributed by atoms with Crippen LogP contribution < -0.4 is 16.8 Å². The molecule has 0 spiro atoms. The van der Waals surface area contributed by atoms with Crippen LogP contribution in [0.3, 0.4) is 0 Å². The van der Waals surface area contributed by atoms with Gasteiger partial charge in [-0.3, -0.25) is 9.59 Å². The van der Waals surface area contributed by atoms with E-state index < -0.39 is 23.9 Å². The quantitative estimate of drug-likeness (QED) is 0.346. The van der Waals surface area contributed by atoms with Crippen molar-refractivity contribution in [2.75, 3.05) is 11.5 Å². The van der Waals surface area contributed by atoms with Crippen molar-refractivity contribution in [3.63, 3.8) is 0 Å². The molecule has 2 heterocycles. The van der Waals surface area contributed by atoms with E-state index in [1.165, 1.54) is 6.26 Å². The van der Waals surface area contributed by atoms with Gasteiger partial charge in [-0.05, 0) is 42.7 Å². The van der Waals surface area contributed by atoms with Crippen LogP contribution in [0.4, 0.5) is 11.8 Å². The van der Waals surface area contributed by atoms with Gasteiger partial charge in [-0.2, -0.15) is 9.97 Å².